The van der Waals surface area contributed by atoms with Crippen LogP contribution in [0.4, 0.5) is 0 Å². The third kappa shape index (κ3) is 5.05. The van der Waals surface area contributed by atoms with Gasteiger partial charge < -0.3 is 4.74 Å². The Morgan fingerprint density at radius 2 is 2.05 bits per heavy atom. The number of ether oxygens (including phenoxy) is 1. The molecule has 19 heavy (non-hydrogen) atoms. The SMILES string of the molecule is CC(C)(Oc1ccc(Cl)cc1Cl)C(=O)CO[P+](=O)O. The molecular formula is C11H12Cl2O5P+. The normalized spacial score (nSPS) is 12.2. The van der Waals surface area contributed by atoms with Crippen LogP contribution in [-0.2, 0) is 13.9 Å². The Bertz CT molecular complexity index is 504. The number of hydrogen-bond acceptors (Lipinski definition) is 4. The maximum Gasteiger partial charge on any atom is 0.695 e. The van der Waals surface area contributed by atoms with Gasteiger partial charge in [0.2, 0.25) is 5.78 Å². The summed E-state index contributed by atoms with van der Waals surface area (Å²) in [4.78, 5) is 20.3. The van der Waals surface area contributed by atoms with E-state index >= 15 is 0 Å². The van der Waals surface area contributed by atoms with Crippen LogP contribution in [0.2, 0.25) is 10.0 Å². The van der Waals surface area contributed by atoms with Crippen LogP contribution in [0.5, 0.6) is 5.75 Å². The maximum absolute atomic E-state index is 11.8. The average molecular weight is 326 g/mol. The first-order valence-corrected chi connectivity index (χ1v) is 7.07. The molecule has 0 aliphatic carbocycles. The monoisotopic (exact) mass is 325 g/mol. The van der Waals surface area contributed by atoms with Gasteiger partial charge in [0.15, 0.2) is 12.2 Å². The maximum atomic E-state index is 11.8. The molecule has 0 spiro atoms. The second-order valence-corrected chi connectivity index (χ2v) is 5.70. The van der Waals surface area contributed by atoms with Crippen LogP contribution in [0.15, 0.2) is 18.2 Å². The molecule has 0 fully saturated rings. The molecule has 1 atom stereocenters. The lowest BCUT2D eigenvalue weighted by atomic mass is 10.0. The molecule has 5 nitrogen and oxygen atoms in total. The van der Waals surface area contributed by atoms with Gasteiger partial charge in [0.05, 0.1) is 5.02 Å². The summed E-state index contributed by atoms with van der Waals surface area (Å²) in [5.74, 6) is -0.200. The molecule has 1 aromatic carbocycles. The van der Waals surface area contributed by atoms with Crippen molar-refractivity contribution < 1.29 is 23.5 Å². The smallest absolute Gasteiger partial charge is 0.478 e. The van der Waals surface area contributed by atoms with E-state index in [0.717, 1.165) is 0 Å². The van der Waals surface area contributed by atoms with Gasteiger partial charge in [-0.3, -0.25) is 4.79 Å². The van der Waals surface area contributed by atoms with Crippen LogP contribution in [-0.4, -0.2) is 22.9 Å². The molecule has 0 saturated carbocycles. The summed E-state index contributed by atoms with van der Waals surface area (Å²) in [6.45, 7) is 2.49. The van der Waals surface area contributed by atoms with Crippen molar-refractivity contribution in [1.29, 1.82) is 0 Å². The molecule has 1 aromatic rings. The van der Waals surface area contributed by atoms with Crippen LogP contribution >= 0.6 is 31.5 Å². The van der Waals surface area contributed by atoms with Gasteiger partial charge in [-0.25, -0.2) is 0 Å². The summed E-state index contributed by atoms with van der Waals surface area (Å²) >= 11 is 11.7. The number of halogens is 2. The molecule has 0 radical (unpaired) electrons. The Morgan fingerprint density at radius 3 is 2.58 bits per heavy atom. The fourth-order valence-electron chi connectivity index (χ4n) is 1.18. The van der Waals surface area contributed by atoms with Crippen molar-refractivity contribution in [2.45, 2.75) is 19.4 Å². The summed E-state index contributed by atoms with van der Waals surface area (Å²) in [5.41, 5.74) is -1.25. The van der Waals surface area contributed by atoms with E-state index in [9.17, 15) is 9.36 Å². The quantitative estimate of drug-likeness (QED) is 0.811. The standard InChI is InChI=1S/C11H11Cl2O5P/c1-11(2,10(14)6-17-19(15)16)18-9-4-3-7(12)5-8(9)13/h3-5H,6H2,1-2H3/p+1. The molecule has 8 heteroatoms. The highest BCUT2D eigenvalue weighted by atomic mass is 35.5. The molecule has 1 N–H and O–H groups in total. The van der Waals surface area contributed by atoms with Crippen molar-refractivity contribution in [2.75, 3.05) is 6.61 Å². The average Bonchev–Trinajstić information content (AvgIpc) is 2.29. The van der Waals surface area contributed by atoms with Gasteiger partial charge >= 0.3 is 8.25 Å². The topological polar surface area (TPSA) is 72.8 Å². The minimum absolute atomic E-state index is 0.266. The minimum atomic E-state index is -2.82. The van der Waals surface area contributed by atoms with Crippen molar-refractivity contribution in [3.05, 3.63) is 28.2 Å². The predicted molar refractivity (Wildman–Crippen MR) is 72.0 cm³/mol. The molecule has 1 unspecified atom stereocenters. The van der Waals surface area contributed by atoms with E-state index in [2.05, 4.69) is 4.52 Å². The Kier molecular flexibility index (Phi) is 5.71. The largest absolute Gasteiger partial charge is 0.695 e. The van der Waals surface area contributed by atoms with Crippen molar-refractivity contribution >= 4 is 37.2 Å². The van der Waals surface area contributed by atoms with Gasteiger partial charge in [0, 0.05) is 9.59 Å². The molecule has 0 aromatic heterocycles. The number of Topliss-reactive ketones (excluding diaryl/α,β-unsaturated/α-hetero) is 1. The fourth-order valence-corrected chi connectivity index (χ4v) is 1.85. The van der Waals surface area contributed by atoms with Crippen LogP contribution in [0, 0.1) is 0 Å². The lowest BCUT2D eigenvalue weighted by Gasteiger charge is -2.24. The highest BCUT2D eigenvalue weighted by Crippen LogP contribution is 2.31. The van der Waals surface area contributed by atoms with E-state index < -0.39 is 26.2 Å². The lowest BCUT2D eigenvalue weighted by molar-refractivity contribution is -0.134. The summed E-state index contributed by atoms with van der Waals surface area (Å²) in [5, 5.41) is 0.713. The molecule has 0 aliphatic heterocycles. The van der Waals surface area contributed by atoms with E-state index in [1.54, 1.807) is 6.07 Å². The number of carbonyl (C=O) groups is 1. The number of hydrogen-bond donors (Lipinski definition) is 1. The fraction of sp³-hybridized carbons (Fsp3) is 0.364. The van der Waals surface area contributed by atoms with E-state index in [0.29, 0.717) is 5.02 Å². The molecule has 0 saturated heterocycles. The Hall–Kier alpha value is -0.710. The van der Waals surface area contributed by atoms with E-state index in [1.165, 1.54) is 26.0 Å². The Labute approximate surface area is 121 Å². The number of carbonyl (C=O) groups excluding carboxylic acids is 1. The van der Waals surface area contributed by atoms with Gasteiger partial charge in [0.25, 0.3) is 0 Å². The molecule has 0 bridgehead atoms. The number of benzene rings is 1. The first-order valence-electron chi connectivity index (χ1n) is 5.19. The van der Waals surface area contributed by atoms with Crippen LogP contribution < -0.4 is 4.74 Å². The van der Waals surface area contributed by atoms with Gasteiger partial charge in [0.1, 0.15) is 5.75 Å². The summed E-state index contributed by atoms with van der Waals surface area (Å²) in [6.07, 6.45) is 0. The Balaban J connectivity index is 2.77. The number of rotatable bonds is 6. The zero-order valence-electron chi connectivity index (χ0n) is 10.2. The van der Waals surface area contributed by atoms with E-state index in [1.807, 2.05) is 0 Å². The van der Waals surface area contributed by atoms with Crippen molar-refractivity contribution in [2.24, 2.45) is 0 Å². The van der Waals surface area contributed by atoms with Crippen molar-refractivity contribution in [1.82, 2.24) is 0 Å². The molecule has 1 rings (SSSR count). The zero-order valence-corrected chi connectivity index (χ0v) is 12.6. The zero-order chi connectivity index (χ0) is 14.6. The third-order valence-electron chi connectivity index (χ3n) is 2.24. The van der Waals surface area contributed by atoms with Crippen molar-refractivity contribution in [3.8, 4) is 5.75 Å². The molecule has 0 heterocycles. The summed E-state index contributed by atoms with van der Waals surface area (Å²) in [6, 6.07) is 4.59. The van der Waals surface area contributed by atoms with Crippen LogP contribution in [0.25, 0.3) is 0 Å². The summed E-state index contributed by atoms with van der Waals surface area (Å²) in [7, 11) is -2.82. The highest BCUT2D eigenvalue weighted by Gasteiger charge is 2.33. The minimum Gasteiger partial charge on any atom is -0.478 e. The van der Waals surface area contributed by atoms with Crippen LogP contribution in [0.3, 0.4) is 0 Å². The van der Waals surface area contributed by atoms with Gasteiger partial charge in [-0.15, -0.1) is 9.42 Å². The Morgan fingerprint density at radius 1 is 1.42 bits per heavy atom. The van der Waals surface area contributed by atoms with Gasteiger partial charge in [-0.1, -0.05) is 23.2 Å². The number of ketones is 1. The third-order valence-corrected chi connectivity index (χ3v) is 3.12. The van der Waals surface area contributed by atoms with Gasteiger partial charge in [-0.05, 0) is 32.0 Å². The van der Waals surface area contributed by atoms with Crippen molar-refractivity contribution in [3.63, 3.8) is 0 Å². The first kappa shape index (κ1) is 16.3. The second kappa shape index (κ2) is 6.64. The molecule has 0 aliphatic rings. The molecule has 0 amide bonds. The van der Waals surface area contributed by atoms with E-state index in [4.69, 9.17) is 32.8 Å². The van der Waals surface area contributed by atoms with Crippen LogP contribution in [0.1, 0.15) is 13.8 Å². The lowest BCUT2D eigenvalue weighted by Crippen LogP contribution is -2.40. The predicted octanol–water partition coefficient (Wildman–Crippen LogP) is 3.39. The molecular weight excluding hydrogens is 314 g/mol. The first-order chi connectivity index (χ1) is 8.72. The van der Waals surface area contributed by atoms with E-state index in [-0.39, 0.29) is 10.8 Å². The summed E-state index contributed by atoms with van der Waals surface area (Å²) < 4.78 is 20.2. The molecule has 104 valence electrons. The highest BCUT2D eigenvalue weighted by molar-refractivity contribution is 7.32. The second-order valence-electron chi connectivity index (χ2n) is 4.12. The van der Waals surface area contributed by atoms with Gasteiger partial charge in [-0.2, -0.15) is 0 Å².